The standard InChI is InChI=1S/C11H16O2/c1-6(2)11-4-8(11)7(3)10(13)9(11)5-12/h5-9H,4H2,1-3H3. The predicted molar refractivity (Wildman–Crippen MR) is 49.1 cm³/mol. The SMILES string of the molecule is CC1C(=O)C(C=O)C2(C(C)C)CC12. The summed E-state index contributed by atoms with van der Waals surface area (Å²) in [6.45, 7) is 6.23. The molecular formula is C11H16O2. The van der Waals surface area contributed by atoms with E-state index in [4.69, 9.17) is 0 Å². The van der Waals surface area contributed by atoms with Crippen molar-refractivity contribution >= 4 is 12.1 Å². The highest BCUT2D eigenvalue weighted by Crippen LogP contribution is 2.70. The van der Waals surface area contributed by atoms with Gasteiger partial charge in [0.05, 0.1) is 5.92 Å². The minimum atomic E-state index is -0.299. The highest BCUT2D eigenvalue weighted by Gasteiger charge is 2.70. The van der Waals surface area contributed by atoms with Crippen LogP contribution in [0.25, 0.3) is 0 Å². The second-order valence-corrected chi connectivity index (χ2v) is 4.88. The molecule has 0 saturated heterocycles. The number of hydrogen-bond donors (Lipinski definition) is 0. The average Bonchev–Trinajstić information content (AvgIpc) is 2.76. The molecule has 13 heavy (non-hydrogen) atoms. The molecule has 2 aliphatic rings. The lowest BCUT2D eigenvalue weighted by Gasteiger charge is -2.21. The molecule has 0 aromatic heterocycles. The number of Topliss-reactive ketones (excluding diaryl/α,β-unsaturated/α-hetero) is 1. The van der Waals surface area contributed by atoms with E-state index in [9.17, 15) is 9.59 Å². The van der Waals surface area contributed by atoms with E-state index < -0.39 is 0 Å². The van der Waals surface area contributed by atoms with Crippen molar-refractivity contribution in [2.45, 2.75) is 27.2 Å². The van der Waals surface area contributed by atoms with E-state index in [1.807, 2.05) is 6.92 Å². The van der Waals surface area contributed by atoms with Gasteiger partial charge in [-0.3, -0.25) is 4.79 Å². The fourth-order valence-corrected chi connectivity index (χ4v) is 3.28. The van der Waals surface area contributed by atoms with Gasteiger partial charge < -0.3 is 4.79 Å². The Bertz CT molecular complexity index is 269. The Kier molecular flexibility index (Phi) is 1.67. The zero-order chi connectivity index (χ0) is 9.80. The molecule has 72 valence electrons. The molecule has 2 fully saturated rings. The molecule has 0 radical (unpaired) electrons. The largest absolute Gasteiger partial charge is 0.303 e. The Morgan fingerprint density at radius 1 is 1.54 bits per heavy atom. The highest BCUT2D eigenvalue weighted by atomic mass is 16.1. The van der Waals surface area contributed by atoms with Crippen LogP contribution in [0.5, 0.6) is 0 Å². The molecule has 2 nitrogen and oxygen atoms in total. The number of fused-ring (bicyclic) bond motifs is 1. The van der Waals surface area contributed by atoms with E-state index in [-0.39, 0.29) is 23.0 Å². The molecular weight excluding hydrogens is 164 g/mol. The number of ketones is 1. The third-order valence-electron chi connectivity index (χ3n) is 4.25. The first-order valence-corrected chi connectivity index (χ1v) is 5.04. The van der Waals surface area contributed by atoms with Crippen molar-refractivity contribution in [3.63, 3.8) is 0 Å². The van der Waals surface area contributed by atoms with Crippen molar-refractivity contribution < 1.29 is 9.59 Å². The van der Waals surface area contributed by atoms with Crippen LogP contribution in [-0.2, 0) is 9.59 Å². The van der Waals surface area contributed by atoms with Crippen LogP contribution in [-0.4, -0.2) is 12.1 Å². The number of aldehydes is 1. The molecule has 0 bridgehead atoms. The second kappa shape index (κ2) is 2.43. The van der Waals surface area contributed by atoms with Crippen LogP contribution in [0, 0.1) is 29.1 Å². The van der Waals surface area contributed by atoms with Crippen molar-refractivity contribution in [3.05, 3.63) is 0 Å². The van der Waals surface area contributed by atoms with Crippen LogP contribution in [0.1, 0.15) is 27.2 Å². The van der Waals surface area contributed by atoms with Gasteiger partial charge in [-0.15, -0.1) is 0 Å². The Morgan fingerprint density at radius 3 is 2.54 bits per heavy atom. The third kappa shape index (κ3) is 0.839. The molecule has 0 spiro atoms. The van der Waals surface area contributed by atoms with Gasteiger partial charge in [-0.05, 0) is 23.7 Å². The maximum absolute atomic E-state index is 11.7. The molecule has 0 heterocycles. The molecule has 2 heteroatoms. The summed E-state index contributed by atoms with van der Waals surface area (Å²) >= 11 is 0. The van der Waals surface area contributed by atoms with Crippen LogP contribution in [0.2, 0.25) is 0 Å². The van der Waals surface area contributed by atoms with Crippen molar-refractivity contribution in [2.24, 2.45) is 29.1 Å². The number of hydrogen-bond acceptors (Lipinski definition) is 2. The van der Waals surface area contributed by atoms with Crippen molar-refractivity contribution in [2.75, 3.05) is 0 Å². The first kappa shape index (κ1) is 8.92. The summed E-state index contributed by atoms with van der Waals surface area (Å²) in [6, 6.07) is 0. The van der Waals surface area contributed by atoms with Gasteiger partial charge in [0.25, 0.3) is 0 Å². The van der Waals surface area contributed by atoms with E-state index in [0.29, 0.717) is 11.8 Å². The van der Waals surface area contributed by atoms with Gasteiger partial charge in [-0.1, -0.05) is 20.8 Å². The van der Waals surface area contributed by atoms with Gasteiger partial charge in [0, 0.05) is 5.92 Å². The van der Waals surface area contributed by atoms with Gasteiger partial charge in [-0.2, -0.15) is 0 Å². The van der Waals surface area contributed by atoms with Crippen molar-refractivity contribution in [3.8, 4) is 0 Å². The van der Waals surface area contributed by atoms with Crippen LogP contribution in [0.15, 0.2) is 0 Å². The van der Waals surface area contributed by atoms with E-state index in [2.05, 4.69) is 13.8 Å². The lowest BCUT2D eigenvalue weighted by molar-refractivity contribution is -0.130. The molecule has 0 aromatic rings. The summed E-state index contributed by atoms with van der Waals surface area (Å²) in [7, 11) is 0. The van der Waals surface area contributed by atoms with Gasteiger partial charge >= 0.3 is 0 Å². The Balaban J connectivity index is 2.35. The number of carbonyl (C=O) groups is 2. The molecule has 0 aromatic carbocycles. The Labute approximate surface area is 78.7 Å². The quantitative estimate of drug-likeness (QED) is 0.478. The lowest BCUT2D eigenvalue weighted by Crippen LogP contribution is -2.27. The highest BCUT2D eigenvalue weighted by molar-refractivity contribution is 5.99. The zero-order valence-corrected chi connectivity index (χ0v) is 8.41. The lowest BCUT2D eigenvalue weighted by atomic mass is 9.81. The molecule has 4 atom stereocenters. The van der Waals surface area contributed by atoms with Crippen LogP contribution >= 0.6 is 0 Å². The first-order valence-electron chi connectivity index (χ1n) is 5.04. The smallest absolute Gasteiger partial charge is 0.146 e. The van der Waals surface area contributed by atoms with Crippen molar-refractivity contribution in [1.82, 2.24) is 0 Å². The van der Waals surface area contributed by atoms with E-state index in [0.717, 1.165) is 12.7 Å². The average molecular weight is 180 g/mol. The van der Waals surface area contributed by atoms with Crippen LogP contribution in [0.3, 0.4) is 0 Å². The monoisotopic (exact) mass is 180 g/mol. The van der Waals surface area contributed by atoms with E-state index in [1.165, 1.54) is 0 Å². The Hall–Kier alpha value is -0.660. The van der Waals surface area contributed by atoms with Crippen LogP contribution in [0.4, 0.5) is 0 Å². The number of rotatable bonds is 2. The Morgan fingerprint density at radius 2 is 2.15 bits per heavy atom. The molecule has 0 aliphatic heterocycles. The molecule has 2 saturated carbocycles. The summed E-state index contributed by atoms with van der Waals surface area (Å²) in [5.41, 5.74) is 0.0538. The summed E-state index contributed by atoms with van der Waals surface area (Å²) in [5, 5.41) is 0. The third-order valence-corrected chi connectivity index (χ3v) is 4.25. The first-order chi connectivity index (χ1) is 6.05. The zero-order valence-electron chi connectivity index (χ0n) is 8.41. The molecule has 0 N–H and O–H groups in total. The second-order valence-electron chi connectivity index (χ2n) is 4.88. The van der Waals surface area contributed by atoms with Gasteiger partial charge in [0.15, 0.2) is 0 Å². The predicted octanol–water partition coefficient (Wildman–Crippen LogP) is 1.68. The van der Waals surface area contributed by atoms with Gasteiger partial charge in [0.2, 0.25) is 0 Å². The van der Waals surface area contributed by atoms with Gasteiger partial charge in [-0.25, -0.2) is 0 Å². The van der Waals surface area contributed by atoms with E-state index in [1.54, 1.807) is 0 Å². The summed E-state index contributed by atoms with van der Waals surface area (Å²) in [4.78, 5) is 22.5. The molecule has 2 rings (SSSR count). The number of carbonyl (C=O) groups excluding carboxylic acids is 2. The van der Waals surface area contributed by atoms with Crippen LogP contribution < -0.4 is 0 Å². The molecule has 0 amide bonds. The molecule has 4 unspecified atom stereocenters. The minimum Gasteiger partial charge on any atom is -0.303 e. The minimum absolute atomic E-state index is 0.0538. The molecule has 2 aliphatic carbocycles. The summed E-state index contributed by atoms with van der Waals surface area (Å²) < 4.78 is 0. The van der Waals surface area contributed by atoms with Crippen molar-refractivity contribution in [1.29, 1.82) is 0 Å². The van der Waals surface area contributed by atoms with E-state index >= 15 is 0 Å². The normalized spacial score (nSPS) is 48.0. The fraction of sp³-hybridized carbons (Fsp3) is 0.818. The maximum Gasteiger partial charge on any atom is 0.146 e. The summed E-state index contributed by atoms with van der Waals surface area (Å²) in [6.07, 6.45) is 1.97. The topological polar surface area (TPSA) is 34.1 Å². The van der Waals surface area contributed by atoms with Gasteiger partial charge in [0.1, 0.15) is 12.1 Å². The maximum atomic E-state index is 11.7. The summed E-state index contributed by atoms with van der Waals surface area (Å²) in [5.74, 6) is 0.960. The fourth-order valence-electron chi connectivity index (χ4n) is 3.28.